The lowest BCUT2D eigenvalue weighted by Gasteiger charge is -2.45. The number of benzene rings is 1. The summed E-state index contributed by atoms with van der Waals surface area (Å²) in [7, 11) is 1.31. The average molecular weight is 539 g/mol. The van der Waals surface area contributed by atoms with Crippen LogP contribution in [0.1, 0.15) is 63.0 Å². The Labute approximate surface area is 207 Å². The molecule has 1 heterocycles. The van der Waals surface area contributed by atoms with E-state index in [1.807, 2.05) is 18.2 Å². The van der Waals surface area contributed by atoms with Crippen molar-refractivity contribution in [1.29, 1.82) is 0 Å². The Kier molecular flexibility index (Phi) is 7.79. The lowest BCUT2D eigenvalue weighted by atomic mass is 9.63. The minimum atomic E-state index is -1.07. The monoisotopic (exact) mass is 537 g/mol. The van der Waals surface area contributed by atoms with E-state index in [2.05, 4.69) is 59.7 Å². The van der Waals surface area contributed by atoms with Gasteiger partial charge >= 0.3 is 11.9 Å². The molecule has 0 atom stereocenters. The molecule has 1 aromatic carbocycles. The second kappa shape index (κ2) is 10.1. The van der Waals surface area contributed by atoms with Crippen LogP contribution in [0.2, 0.25) is 0 Å². The molecular weight excluding hydrogens is 506 g/mol. The highest BCUT2D eigenvalue weighted by Crippen LogP contribution is 2.48. The molecule has 0 aliphatic heterocycles. The molecule has 2 N–H and O–H groups in total. The zero-order valence-electron chi connectivity index (χ0n) is 19.8. The molecule has 1 aliphatic carbocycles. The number of carboxylic acid groups (broad SMARTS) is 1. The van der Waals surface area contributed by atoms with E-state index in [0.717, 1.165) is 40.3 Å². The first-order chi connectivity index (χ1) is 15.4. The number of esters is 1. The van der Waals surface area contributed by atoms with Crippen molar-refractivity contribution in [3.05, 3.63) is 33.6 Å². The summed E-state index contributed by atoms with van der Waals surface area (Å²) in [4.78, 5) is 24.1. The number of methoxy groups -OCH3 is 1. The molecular formula is C25H32BrNO5S. The smallest absolute Gasteiger partial charge is 0.349 e. The van der Waals surface area contributed by atoms with Gasteiger partial charge in [0.15, 0.2) is 10.6 Å². The third kappa shape index (κ3) is 6.51. The molecule has 2 aromatic rings. The van der Waals surface area contributed by atoms with Crippen molar-refractivity contribution in [2.75, 3.05) is 19.0 Å². The van der Waals surface area contributed by atoms with Crippen LogP contribution >= 0.6 is 27.3 Å². The topological polar surface area (TPSA) is 84.9 Å². The van der Waals surface area contributed by atoms with E-state index in [9.17, 15) is 14.7 Å². The van der Waals surface area contributed by atoms with Crippen molar-refractivity contribution in [2.24, 2.45) is 10.8 Å². The van der Waals surface area contributed by atoms with Crippen molar-refractivity contribution in [3.8, 4) is 16.2 Å². The first kappa shape index (κ1) is 25.6. The summed E-state index contributed by atoms with van der Waals surface area (Å²) in [6, 6.07) is 8.40. The fourth-order valence-corrected chi connectivity index (χ4v) is 7.01. The number of nitrogens with one attached hydrogen (secondary N) is 1. The van der Waals surface area contributed by atoms with Crippen molar-refractivity contribution in [1.82, 2.24) is 0 Å². The van der Waals surface area contributed by atoms with Crippen LogP contribution in [0.15, 0.2) is 28.7 Å². The third-order valence-electron chi connectivity index (χ3n) is 5.83. The molecule has 0 radical (unpaired) electrons. The first-order valence-corrected chi connectivity index (χ1v) is 12.6. The molecule has 0 saturated heterocycles. The highest BCUT2D eigenvalue weighted by atomic mass is 79.9. The number of carbonyl (C=O) groups is 2. The van der Waals surface area contributed by atoms with Gasteiger partial charge in [-0.25, -0.2) is 4.79 Å². The lowest BCUT2D eigenvalue weighted by molar-refractivity contribution is -0.141. The second-order valence-corrected chi connectivity index (χ2v) is 12.0. The van der Waals surface area contributed by atoms with E-state index < -0.39 is 11.9 Å². The third-order valence-corrected chi connectivity index (χ3v) is 8.06. The summed E-state index contributed by atoms with van der Waals surface area (Å²) >= 11 is 4.68. The average Bonchev–Trinajstić information content (AvgIpc) is 3.02. The van der Waals surface area contributed by atoms with Gasteiger partial charge in [0, 0.05) is 11.7 Å². The van der Waals surface area contributed by atoms with Crippen LogP contribution in [0.5, 0.6) is 5.75 Å². The maximum Gasteiger partial charge on any atom is 0.349 e. The predicted molar refractivity (Wildman–Crippen MR) is 135 cm³/mol. The van der Waals surface area contributed by atoms with Gasteiger partial charge < -0.3 is 19.9 Å². The van der Waals surface area contributed by atoms with Crippen LogP contribution in [0.4, 0.5) is 5.69 Å². The molecule has 1 aliphatic rings. The number of halogens is 1. The number of carbonyl (C=O) groups excluding carboxylic acids is 1. The van der Waals surface area contributed by atoms with E-state index in [0.29, 0.717) is 10.5 Å². The van der Waals surface area contributed by atoms with Crippen molar-refractivity contribution >= 4 is 44.9 Å². The molecule has 1 saturated carbocycles. The second-order valence-electron chi connectivity index (χ2n) is 10.2. The molecule has 180 valence electrons. The van der Waals surface area contributed by atoms with Gasteiger partial charge in [-0.3, -0.25) is 4.79 Å². The molecule has 1 fully saturated rings. The van der Waals surface area contributed by atoms with Gasteiger partial charge in [-0.05, 0) is 63.7 Å². The van der Waals surface area contributed by atoms with E-state index in [1.54, 1.807) is 0 Å². The molecule has 0 unspecified atom stereocenters. The number of carboxylic acids is 1. The lowest BCUT2D eigenvalue weighted by Crippen LogP contribution is -2.40. The zero-order valence-corrected chi connectivity index (χ0v) is 22.2. The Morgan fingerprint density at radius 3 is 2.48 bits per heavy atom. The molecule has 0 spiro atoms. The molecule has 1 aromatic heterocycles. The van der Waals surface area contributed by atoms with Crippen molar-refractivity contribution < 1.29 is 24.2 Å². The quantitative estimate of drug-likeness (QED) is 0.358. The van der Waals surface area contributed by atoms with E-state index in [1.165, 1.54) is 13.5 Å². The Morgan fingerprint density at radius 2 is 1.88 bits per heavy atom. The van der Waals surface area contributed by atoms with Gasteiger partial charge in [-0.2, -0.15) is 0 Å². The number of ether oxygens (including phenoxy) is 2. The number of rotatable bonds is 8. The summed E-state index contributed by atoms with van der Waals surface area (Å²) < 4.78 is 10.9. The van der Waals surface area contributed by atoms with E-state index in [-0.39, 0.29) is 34.5 Å². The zero-order chi connectivity index (χ0) is 24.4. The minimum Gasteiger partial charge on any atom is -0.490 e. The molecule has 3 rings (SSSR count). The summed E-state index contributed by atoms with van der Waals surface area (Å²) in [5, 5.41) is 13.4. The predicted octanol–water partition coefficient (Wildman–Crippen LogP) is 6.83. The Balaban J connectivity index is 1.84. The minimum absolute atomic E-state index is 0.0383. The maximum absolute atomic E-state index is 11.8. The van der Waals surface area contributed by atoms with Gasteiger partial charge in [-0.15, -0.1) is 11.3 Å². The Hall–Kier alpha value is -2.06. The summed E-state index contributed by atoms with van der Waals surface area (Å²) in [5.74, 6) is -1.24. The van der Waals surface area contributed by atoms with Crippen LogP contribution < -0.4 is 10.1 Å². The summed E-state index contributed by atoms with van der Waals surface area (Å²) in [6.45, 7) is 9.36. The molecule has 0 bridgehead atoms. The van der Waals surface area contributed by atoms with E-state index in [4.69, 9.17) is 4.74 Å². The number of hydrogen-bond donors (Lipinski definition) is 2. The molecule has 0 amide bonds. The van der Waals surface area contributed by atoms with Gasteiger partial charge in [0.25, 0.3) is 0 Å². The number of thiophene rings is 1. The van der Waals surface area contributed by atoms with Gasteiger partial charge in [0.05, 0.1) is 29.5 Å². The molecule has 33 heavy (non-hydrogen) atoms. The van der Waals surface area contributed by atoms with Gasteiger partial charge in [-0.1, -0.05) is 39.8 Å². The molecule has 6 nitrogen and oxygen atoms in total. The van der Waals surface area contributed by atoms with Crippen LogP contribution in [0.25, 0.3) is 10.4 Å². The highest BCUT2D eigenvalue weighted by Gasteiger charge is 2.38. The number of anilines is 1. The first-order valence-electron chi connectivity index (χ1n) is 11.0. The fourth-order valence-electron chi connectivity index (χ4n) is 5.12. The van der Waals surface area contributed by atoms with Gasteiger partial charge in [0.2, 0.25) is 0 Å². The van der Waals surface area contributed by atoms with Crippen molar-refractivity contribution in [2.45, 2.75) is 59.4 Å². The number of hydrogen-bond acceptors (Lipinski definition) is 6. The highest BCUT2D eigenvalue weighted by molar-refractivity contribution is 9.10. The number of aromatic carboxylic acids is 1. The normalized spacial score (nSPS) is 17.4. The van der Waals surface area contributed by atoms with E-state index >= 15 is 0 Å². The fraction of sp³-hybridized carbons (Fsp3) is 0.520. The van der Waals surface area contributed by atoms with Crippen LogP contribution in [0, 0.1) is 10.8 Å². The van der Waals surface area contributed by atoms with Crippen molar-refractivity contribution in [3.63, 3.8) is 0 Å². The maximum atomic E-state index is 11.8. The Morgan fingerprint density at radius 1 is 1.21 bits per heavy atom. The SMILES string of the molecule is COC(=O)CCOc1c(C(=O)O)sc(-c2cccc(NC3CC(C)(C)CC(C)(C)C3)c2)c1Br. The van der Waals surface area contributed by atoms with Gasteiger partial charge in [0.1, 0.15) is 0 Å². The molecule has 8 heteroatoms. The van der Waals surface area contributed by atoms with Crippen LogP contribution in [0.3, 0.4) is 0 Å². The summed E-state index contributed by atoms with van der Waals surface area (Å²) in [5.41, 5.74) is 2.47. The van der Waals surface area contributed by atoms with Crippen LogP contribution in [-0.4, -0.2) is 36.8 Å². The Bertz CT molecular complexity index is 1010. The van der Waals surface area contributed by atoms with Crippen LogP contribution in [-0.2, 0) is 9.53 Å². The summed E-state index contributed by atoms with van der Waals surface area (Å²) in [6.07, 6.45) is 3.45. The largest absolute Gasteiger partial charge is 0.490 e. The standard InChI is InChI=1S/C25H32BrNO5S/c1-24(2)12-17(13-25(3,4)14-24)27-16-8-6-7-15(11-16)21-19(26)20(22(33-21)23(29)30)32-10-9-18(28)31-5/h6-8,11,17,27H,9-10,12-14H2,1-5H3,(H,29,30).